The molecule has 2 rings (SSSR count). The Morgan fingerprint density at radius 2 is 2.14 bits per heavy atom. The van der Waals surface area contributed by atoms with Crippen LogP contribution in [0.3, 0.4) is 0 Å². The second-order valence-corrected chi connectivity index (χ2v) is 5.71. The lowest BCUT2D eigenvalue weighted by Crippen LogP contribution is -2.31. The fraction of sp³-hybridized carbons (Fsp3) is 0.333. The smallest absolute Gasteiger partial charge is 0.338 e. The van der Waals surface area contributed by atoms with Crippen LogP contribution in [0.1, 0.15) is 39.6 Å². The van der Waals surface area contributed by atoms with Crippen LogP contribution in [-0.2, 0) is 0 Å². The average molecular weight is 309 g/mol. The molecule has 112 valence electrons. The summed E-state index contributed by atoms with van der Waals surface area (Å²) in [5, 5.41) is 21.1. The van der Waals surface area contributed by atoms with Crippen molar-refractivity contribution in [1.29, 1.82) is 0 Å². The number of hydrogen-bond acceptors (Lipinski definition) is 5. The molecule has 0 radical (unpaired) electrons. The Morgan fingerprint density at radius 3 is 2.71 bits per heavy atom. The van der Waals surface area contributed by atoms with Crippen LogP contribution in [0.2, 0.25) is 0 Å². The van der Waals surface area contributed by atoms with Crippen LogP contribution in [0.4, 0.5) is 9.80 Å². The first-order chi connectivity index (χ1) is 9.90. The van der Waals surface area contributed by atoms with Crippen LogP contribution in [-0.4, -0.2) is 32.3 Å². The molecule has 2 aromatic rings. The van der Waals surface area contributed by atoms with Gasteiger partial charge < -0.3 is 10.4 Å². The van der Waals surface area contributed by atoms with E-state index in [4.69, 9.17) is 0 Å². The number of aryl methyl sites for hydroxylation is 1. The van der Waals surface area contributed by atoms with Gasteiger partial charge in [0.05, 0.1) is 11.6 Å². The minimum absolute atomic E-state index is 0.125. The molecule has 1 atom stereocenters. The Hall–Kier alpha value is -2.42. The number of carbonyl (C=O) groups is 2. The Morgan fingerprint density at radius 1 is 1.43 bits per heavy atom. The zero-order valence-corrected chi connectivity index (χ0v) is 12.5. The van der Waals surface area contributed by atoms with E-state index in [1.165, 1.54) is 17.7 Å². The molecule has 2 aromatic heterocycles. The number of aromatic amines is 1. The molecule has 1 unspecified atom stereocenters. The topological polar surface area (TPSA) is 120 Å². The third-order valence-electron chi connectivity index (χ3n) is 3.02. The number of thiophene rings is 1. The number of carbonyl (C=O) groups excluding carboxylic acids is 1. The second kappa shape index (κ2) is 5.92. The summed E-state index contributed by atoms with van der Waals surface area (Å²) in [6.07, 6.45) is 1.35. The van der Waals surface area contributed by atoms with Crippen LogP contribution in [0.5, 0.6) is 0 Å². The van der Waals surface area contributed by atoms with Gasteiger partial charge in [-0.05, 0) is 26.3 Å². The molecular formula is C12H15N5O3S. The van der Waals surface area contributed by atoms with E-state index in [1.807, 2.05) is 6.92 Å². The predicted octanol–water partition coefficient (Wildman–Crippen LogP) is 2.06. The van der Waals surface area contributed by atoms with Gasteiger partial charge in [0.1, 0.15) is 17.2 Å². The summed E-state index contributed by atoms with van der Waals surface area (Å²) in [7, 11) is 0. The van der Waals surface area contributed by atoms with Gasteiger partial charge >= 0.3 is 12.0 Å². The van der Waals surface area contributed by atoms with E-state index < -0.39 is 12.0 Å². The highest BCUT2D eigenvalue weighted by Crippen LogP contribution is 2.32. The van der Waals surface area contributed by atoms with Gasteiger partial charge in [0.25, 0.3) is 0 Å². The zero-order chi connectivity index (χ0) is 15.6. The minimum atomic E-state index is -1.06. The summed E-state index contributed by atoms with van der Waals surface area (Å²) in [6.45, 7) is 5.27. The van der Waals surface area contributed by atoms with E-state index in [2.05, 4.69) is 25.8 Å². The highest BCUT2D eigenvalue weighted by molar-refractivity contribution is 7.16. The summed E-state index contributed by atoms with van der Waals surface area (Å²) >= 11 is 1.23. The van der Waals surface area contributed by atoms with Gasteiger partial charge in [-0.1, -0.05) is 0 Å². The normalized spacial score (nSPS) is 12.0. The van der Waals surface area contributed by atoms with E-state index >= 15 is 0 Å². The molecule has 0 spiro atoms. The molecule has 21 heavy (non-hydrogen) atoms. The van der Waals surface area contributed by atoms with Gasteiger partial charge in [-0.15, -0.1) is 11.3 Å². The maximum Gasteiger partial charge on any atom is 0.338 e. The van der Waals surface area contributed by atoms with Crippen molar-refractivity contribution in [2.24, 2.45) is 0 Å². The average Bonchev–Trinajstić information content (AvgIpc) is 2.99. The molecule has 9 heteroatoms. The van der Waals surface area contributed by atoms with Crippen LogP contribution in [0.15, 0.2) is 6.33 Å². The van der Waals surface area contributed by atoms with Crippen LogP contribution >= 0.6 is 11.3 Å². The van der Waals surface area contributed by atoms with Gasteiger partial charge in [0.2, 0.25) is 0 Å². The van der Waals surface area contributed by atoms with Crippen molar-refractivity contribution >= 4 is 28.3 Å². The first kappa shape index (κ1) is 15.0. The quantitative estimate of drug-likeness (QED) is 0.689. The molecule has 0 aliphatic carbocycles. The van der Waals surface area contributed by atoms with Gasteiger partial charge in [-0.3, -0.25) is 10.4 Å². The molecule has 8 nitrogen and oxygen atoms in total. The van der Waals surface area contributed by atoms with Crippen LogP contribution < -0.4 is 10.6 Å². The molecule has 0 aliphatic heterocycles. The molecule has 0 fully saturated rings. The van der Waals surface area contributed by atoms with Crippen molar-refractivity contribution in [3.63, 3.8) is 0 Å². The first-order valence-corrected chi connectivity index (χ1v) is 6.97. The summed E-state index contributed by atoms with van der Waals surface area (Å²) in [4.78, 5) is 28.0. The number of rotatable bonds is 4. The number of aromatic nitrogens is 3. The highest BCUT2D eigenvalue weighted by Gasteiger charge is 2.21. The minimum Gasteiger partial charge on any atom is -0.478 e. The van der Waals surface area contributed by atoms with Gasteiger partial charge in [0.15, 0.2) is 0 Å². The number of amides is 2. The number of aromatic carboxylic acids is 1. The Kier molecular flexibility index (Phi) is 4.22. The Bertz CT molecular complexity index is 665. The summed E-state index contributed by atoms with van der Waals surface area (Å²) < 4.78 is 0. The van der Waals surface area contributed by atoms with Crippen molar-refractivity contribution in [2.75, 3.05) is 5.32 Å². The molecule has 0 bridgehead atoms. The summed E-state index contributed by atoms with van der Waals surface area (Å²) in [5.41, 5.74) is 0.783. The van der Waals surface area contributed by atoms with E-state index in [9.17, 15) is 14.7 Å². The highest BCUT2D eigenvalue weighted by atomic mass is 32.1. The van der Waals surface area contributed by atoms with Crippen molar-refractivity contribution < 1.29 is 14.7 Å². The monoisotopic (exact) mass is 309 g/mol. The summed E-state index contributed by atoms with van der Waals surface area (Å²) in [5.74, 6) is -0.544. The fourth-order valence-electron chi connectivity index (χ4n) is 1.80. The van der Waals surface area contributed by atoms with Crippen molar-refractivity contribution in [1.82, 2.24) is 20.5 Å². The number of urea groups is 1. The molecule has 2 amide bonds. The number of nitrogens with one attached hydrogen (secondary N) is 3. The lowest BCUT2D eigenvalue weighted by atomic mass is 10.1. The maximum absolute atomic E-state index is 11.9. The third-order valence-corrected chi connectivity index (χ3v) is 4.14. The predicted molar refractivity (Wildman–Crippen MR) is 77.7 cm³/mol. The van der Waals surface area contributed by atoms with Gasteiger partial charge in [-0.2, -0.15) is 5.10 Å². The Labute approximate surface area is 124 Å². The lowest BCUT2D eigenvalue weighted by Gasteiger charge is -2.11. The van der Waals surface area contributed by atoms with Crippen LogP contribution in [0.25, 0.3) is 0 Å². The molecule has 4 N–H and O–H groups in total. The third kappa shape index (κ3) is 3.19. The molecule has 0 saturated carbocycles. The first-order valence-electron chi connectivity index (χ1n) is 6.16. The number of anilines is 1. The van der Waals surface area contributed by atoms with Crippen molar-refractivity contribution in [2.45, 2.75) is 26.8 Å². The van der Waals surface area contributed by atoms with Gasteiger partial charge in [0, 0.05) is 4.88 Å². The van der Waals surface area contributed by atoms with E-state index in [-0.39, 0.29) is 11.6 Å². The standard InChI is InChI=1S/C12H15N5O3S/c1-5-7(3)21-10(8(5)11(18)19)16-12(20)15-6(2)9-13-4-14-17-9/h4,6H,1-3H3,(H,18,19)(H,13,14,17)(H2,15,16,20). The van der Waals surface area contributed by atoms with Crippen molar-refractivity contribution in [3.8, 4) is 0 Å². The molecule has 2 heterocycles. The number of carboxylic acid groups (broad SMARTS) is 1. The largest absolute Gasteiger partial charge is 0.478 e. The molecular weight excluding hydrogens is 294 g/mol. The van der Waals surface area contributed by atoms with E-state index in [0.29, 0.717) is 16.4 Å². The number of nitrogens with zero attached hydrogens (tertiary/aromatic N) is 2. The SMILES string of the molecule is Cc1sc(NC(=O)NC(C)c2ncn[nH]2)c(C(=O)O)c1C. The zero-order valence-electron chi connectivity index (χ0n) is 11.7. The lowest BCUT2D eigenvalue weighted by molar-refractivity contribution is 0.0697. The van der Waals surface area contributed by atoms with Gasteiger partial charge in [-0.25, -0.2) is 14.6 Å². The molecule has 0 aliphatic rings. The maximum atomic E-state index is 11.9. The molecule has 0 aromatic carbocycles. The number of carboxylic acids is 1. The van der Waals surface area contributed by atoms with E-state index in [1.54, 1.807) is 13.8 Å². The number of H-pyrrole nitrogens is 1. The fourth-order valence-corrected chi connectivity index (χ4v) is 2.85. The Balaban J connectivity index is 2.10. The van der Waals surface area contributed by atoms with E-state index in [0.717, 1.165) is 4.88 Å². The molecule has 0 saturated heterocycles. The second-order valence-electron chi connectivity index (χ2n) is 4.48. The number of hydrogen-bond donors (Lipinski definition) is 4. The van der Waals surface area contributed by atoms with Crippen LogP contribution in [0, 0.1) is 13.8 Å². The summed E-state index contributed by atoms with van der Waals surface area (Å²) in [6, 6.07) is -0.870. The van der Waals surface area contributed by atoms with Crippen molar-refractivity contribution in [3.05, 3.63) is 28.2 Å².